The summed E-state index contributed by atoms with van der Waals surface area (Å²) in [6.07, 6.45) is 4.43. The maximum Gasteiger partial charge on any atom is 0.224 e. The van der Waals surface area contributed by atoms with Crippen LogP contribution in [0.25, 0.3) is 11.4 Å². The molecule has 3 aromatic rings. The van der Waals surface area contributed by atoms with E-state index >= 15 is 0 Å². The van der Waals surface area contributed by atoms with Crippen molar-refractivity contribution in [1.29, 1.82) is 0 Å². The number of benzene rings is 2. The highest BCUT2D eigenvalue weighted by Crippen LogP contribution is 2.32. The topological polar surface area (TPSA) is 47.5 Å². The first kappa shape index (κ1) is 27.1. The number of hydrogen-bond acceptors (Lipinski definition) is 5. The van der Waals surface area contributed by atoms with Gasteiger partial charge in [0.15, 0.2) is 5.82 Å². The summed E-state index contributed by atoms with van der Waals surface area (Å²) in [5, 5.41) is 0. The summed E-state index contributed by atoms with van der Waals surface area (Å²) in [6, 6.07) is 13.0. The number of ether oxygens (including phenoxy) is 2. The van der Waals surface area contributed by atoms with Crippen molar-refractivity contribution in [3.63, 3.8) is 0 Å². The van der Waals surface area contributed by atoms with Crippen LogP contribution in [0.3, 0.4) is 0 Å². The van der Waals surface area contributed by atoms with E-state index in [1.54, 1.807) is 0 Å². The molecule has 4 rings (SSSR count). The highest BCUT2D eigenvalue weighted by atomic mass is 16.5. The van der Waals surface area contributed by atoms with E-state index < -0.39 is 0 Å². The zero-order valence-corrected chi connectivity index (χ0v) is 23.6. The van der Waals surface area contributed by atoms with Crippen molar-refractivity contribution in [2.45, 2.75) is 79.8 Å². The van der Waals surface area contributed by atoms with Gasteiger partial charge in [-0.15, -0.1) is 0 Å². The minimum atomic E-state index is 0.379. The summed E-state index contributed by atoms with van der Waals surface area (Å²) in [7, 11) is 0. The van der Waals surface area contributed by atoms with Crippen LogP contribution in [0, 0.1) is 13.8 Å². The van der Waals surface area contributed by atoms with E-state index in [4.69, 9.17) is 19.4 Å². The third kappa shape index (κ3) is 6.51. The molecule has 0 aliphatic carbocycles. The van der Waals surface area contributed by atoms with Gasteiger partial charge in [-0.3, -0.25) is 4.90 Å². The Labute approximate surface area is 223 Å². The molecule has 0 amide bonds. The summed E-state index contributed by atoms with van der Waals surface area (Å²) >= 11 is 0. The van der Waals surface area contributed by atoms with Gasteiger partial charge in [-0.25, -0.2) is 4.98 Å². The fourth-order valence-corrected chi connectivity index (χ4v) is 5.06. The number of likely N-dealkylation sites (tertiary alicyclic amines) is 1. The third-order valence-corrected chi connectivity index (χ3v) is 7.49. The molecule has 2 aromatic carbocycles. The first-order valence-electron chi connectivity index (χ1n) is 14.0. The molecular weight excluding hydrogens is 458 g/mol. The molecule has 37 heavy (non-hydrogen) atoms. The Morgan fingerprint density at radius 2 is 1.62 bits per heavy atom. The fourth-order valence-electron chi connectivity index (χ4n) is 5.06. The molecule has 1 saturated heterocycles. The Balaban J connectivity index is 1.67. The van der Waals surface area contributed by atoms with E-state index in [0.29, 0.717) is 25.0 Å². The second-order valence-corrected chi connectivity index (χ2v) is 10.4. The lowest BCUT2D eigenvalue weighted by Crippen LogP contribution is -2.25. The maximum atomic E-state index is 6.40. The number of aryl methyl sites for hydroxylation is 4. The molecule has 5 nitrogen and oxygen atoms in total. The molecule has 1 fully saturated rings. The second-order valence-electron chi connectivity index (χ2n) is 10.4. The van der Waals surface area contributed by atoms with Crippen molar-refractivity contribution >= 4 is 0 Å². The van der Waals surface area contributed by atoms with Gasteiger partial charge >= 0.3 is 0 Å². The molecule has 0 N–H and O–H groups in total. The Morgan fingerprint density at radius 3 is 2.27 bits per heavy atom. The normalized spacial score (nSPS) is 13.9. The van der Waals surface area contributed by atoms with Crippen LogP contribution in [-0.4, -0.2) is 41.1 Å². The predicted octanol–water partition coefficient (Wildman–Crippen LogP) is 7.06. The lowest BCUT2D eigenvalue weighted by molar-refractivity contribution is 0.223. The Morgan fingerprint density at radius 1 is 0.919 bits per heavy atom. The number of nitrogens with zero attached hydrogens (tertiary/aromatic N) is 3. The van der Waals surface area contributed by atoms with Crippen molar-refractivity contribution in [3.05, 3.63) is 69.9 Å². The molecule has 0 unspecified atom stereocenters. The lowest BCUT2D eigenvalue weighted by atomic mass is 9.96. The Bertz CT molecular complexity index is 1180. The van der Waals surface area contributed by atoms with Gasteiger partial charge in [0.05, 0.1) is 11.3 Å². The second kappa shape index (κ2) is 12.6. The van der Waals surface area contributed by atoms with Crippen LogP contribution >= 0.6 is 0 Å². The van der Waals surface area contributed by atoms with E-state index in [2.05, 4.69) is 82.8 Å². The Kier molecular flexibility index (Phi) is 9.20. The molecule has 0 atom stereocenters. The molecular formula is C32H43N3O2. The van der Waals surface area contributed by atoms with Crippen LogP contribution in [0.2, 0.25) is 0 Å². The van der Waals surface area contributed by atoms with E-state index in [1.165, 1.54) is 29.5 Å². The number of rotatable bonds is 11. The highest BCUT2D eigenvalue weighted by Gasteiger charge is 2.20. The minimum Gasteiger partial charge on any atom is -0.488 e. The van der Waals surface area contributed by atoms with E-state index in [-0.39, 0.29) is 0 Å². The minimum absolute atomic E-state index is 0.379. The summed E-state index contributed by atoms with van der Waals surface area (Å²) in [6.45, 7) is 17.1. The Hall–Kier alpha value is -2.92. The molecule has 0 saturated carbocycles. The summed E-state index contributed by atoms with van der Waals surface area (Å²) < 4.78 is 12.8. The van der Waals surface area contributed by atoms with Crippen LogP contribution in [-0.2, 0) is 19.4 Å². The van der Waals surface area contributed by atoms with Gasteiger partial charge in [0.25, 0.3) is 0 Å². The van der Waals surface area contributed by atoms with Gasteiger partial charge in [-0.05, 0) is 86.9 Å². The third-order valence-electron chi connectivity index (χ3n) is 7.49. The molecule has 1 aliphatic heterocycles. The number of hydrogen-bond donors (Lipinski definition) is 0. The van der Waals surface area contributed by atoms with Gasteiger partial charge < -0.3 is 9.47 Å². The molecule has 5 heteroatoms. The van der Waals surface area contributed by atoms with Crippen molar-refractivity contribution in [1.82, 2.24) is 14.9 Å². The first-order valence-corrected chi connectivity index (χ1v) is 14.0. The molecule has 1 aromatic heterocycles. The fraction of sp³-hybridized carbons (Fsp3) is 0.500. The first-order chi connectivity index (χ1) is 17.9. The van der Waals surface area contributed by atoms with Crippen molar-refractivity contribution in [2.24, 2.45) is 0 Å². The van der Waals surface area contributed by atoms with E-state index in [9.17, 15) is 0 Å². The molecule has 0 bridgehead atoms. The standard InChI is InChI=1S/C32H43N3O2/c1-7-25-12-11-13-26(8-2)30(25)31-33-24(6)28(32(34-31)36-19-18-35-16-9-10-17-35)21-37-29-20-27(22(3)4)15-14-23(29)5/h11-15,20,22H,7-10,16-19,21H2,1-6H3. The summed E-state index contributed by atoms with van der Waals surface area (Å²) in [5.74, 6) is 2.75. The molecule has 0 spiro atoms. The summed E-state index contributed by atoms with van der Waals surface area (Å²) in [4.78, 5) is 12.5. The van der Waals surface area contributed by atoms with Crippen LogP contribution in [0.5, 0.6) is 11.6 Å². The van der Waals surface area contributed by atoms with Gasteiger partial charge in [-0.1, -0.05) is 58.0 Å². The smallest absolute Gasteiger partial charge is 0.224 e. The van der Waals surface area contributed by atoms with Gasteiger partial charge in [0.2, 0.25) is 5.88 Å². The molecule has 1 aliphatic rings. The monoisotopic (exact) mass is 501 g/mol. The molecule has 198 valence electrons. The average Bonchev–Trinajstić information content (AvgIpc) is 3.41. The maximum absolute atomic E-state index is 6.40. The van der Waals surface area contributed by atoms with Gasteiger partial charge in [0, 0.05) is 12.1 Å². The number of aromatic nitrogens is 2. The van der Waals surface area contributed by atoms with Crippen LogP contribution in [0.4, 0.5) is 0 Å². The highest BCUT2D eigenvalue weighted by molar-refractivity contribution is 5.66. The van der Waals surface area contributed by atoms with Crippen molar-refractivity contribution < 1.29 is 9.47 Å². The predicted molar refractivity (Wildman–Crippen MR) is 152 cm³/mol. The SMILES string of the molecule is CCc1cccc(CC)c1-c1nc(C)c(COc2cc(C(C)C)ccc2C)c(OCCN2CCCC2)n1. The lowest BCUT2D eigenvalue weighted by Gasteiger charge is -2.19. The zero-order chi connectivity index (χ0) is 26.4. The van der Waals surface area contributed by atoms with Gasteiger partial charge in [0.1, 0.15) is 19.0 Å². The van der Waals surface area contributed by atoms with Crippen LogP contribution in [0.15, 0.2) is 36.4 Å². The van der Waals surface area contributed by atoms with Crippen molar-refractivity contribution in [2.75, 3.05) is 26.2 Å². The van der Waals surface area contributed by atoms with Crippen LogP contribution in [0.1, 0.15) is 80.0 Å². The van der Waals surface area contributed by atoms with Crippen molar-refractivity contribution in [3.8, 4) is 23.0 Å². The molecule has 2 heterocycles. The molecule has 0 radical (unpaired) electrons. The summed E-state index contributed by atoms with van der Waals surface area (Å²) in [5.41, 5.74) is 7.92. The quantitative estimate of drug-likeness (QED) is 0.281. The average molecular weight is 502 g/mol. The van der Waals surface area contributed by atoms with E-state index in [1.807, 2.05) is 0 Å². The van der Waals surface area contributed by atoms with Crippen LogP contribution < -0.4 is 9.47 Å². The zero-order valence-electron chi connectivity index (χ0n) is 23.6. The largest absolute Gasteiger partial charge is 0.488 e. The van der Waals surface area contributed by atoms with E-state index in [0.717, 1.165) is 66.4 Å². The van der Waals surface area contributed by atoms with Gasteiger partial charge in [-0.2, -0.15) is 4.98 Å².